The van der Waals surface area contributed by atoms with Crippen LogP contribution in [-0.2, 0) is 10.1 Å². The second kappa shape index (κ2) is 2.81. The average Bonchev–Trinajstić information content (AvgIpc) is 2.05. The van der Waals surface area contributed by atoms with Gasteiger partial charge in [-0.2, -0.15) is 8.42 Å². The second-order valence-corrected chi connectivity index (χ2v) is 4.77. The molecule has 0 amide bonds. The molecule has 4 nitrogen and oxygen atoms in total. The molecule has 0 bridgehead atoms. The Morgan fingerprint density at radius 3 is 3.00 bits per heavy atom. The van der Waals surface area contributed by atoms with Gasteiger partial charge in [-0.1, -0.05) is 0 Å². The topological polar surface area (TPSA) is 56.3 Å². The van der Waals surface area contributed by atoms with Gasteiger partial charge in [-0.25, -0.2) is 4.98 Å². The fourth-order valence-electron chi connectivity index (χ4n) is 0.926. The molecular weight excluding hydrogens is 258 g/mol. The van der Waals surface area contributed by atoms with Crippen molar-refractivity contribution >= 4 is 32.1 Å². The van der Waals surface area contributed by atoms with Gasteiger partial charge in [-0.05, 0) is 28.1 Å². The Morgan fingerprint density at radius 2 is 2.23 bits per heavy atom. The van der Waals surface area contributed by atoms with Crippen LogP contribution in [0.1, 0.15) is 5.56 Å². The summed E-state index contributed by atoms with van der Waals surface area (Å²) < 4.78 is 27.3. The molecule has 2 heterocycles. The van der Waals surface area contributed by atoms with Crippen molar-refractivity contribution in [2.45, 2.75) is 0 Å². The first-order valence-electron chi connectivity index (χ1n) is 3.35. The van der Waals surface area contributed by atoms with Gasteiger partial charge in [-0.3, -0.25) is 0 Å². The summed E-state index contributed by atoms with van der Waals surface area (Å²) in [4.78, 5) is 3.81. The first kappa shape index (κ1) is 8.71. The van der Waals surface area contributed by atoms with E-state index >= 15 is 0 Å². The zero-order valence-corrected chi connectivity index (χ0v) is 8.67. The summed E-state index contributed by atoms with van der Waals surface area (Å²) in [5.41, 5.74) is 0.643. The van der Waals surface area contributed by atoms with Crippen LogP contribution in [-0.4, -0.2) is 13.4 Å². The van der Waals surface area contributed by atoms with Gasteiger partial charge in [0, 0.05) is 16.2 Å². The van der Waals surface area contributed by atoms with Crippen molar-refractivity contribution in [3.8, 4) is 5.88 Å². The minimum atomic E-state index is -3.57. The fraction of sp³-hybridized carbons (Fsp3) is 0. The van der Waals surface area contributed by atoms with Gasteiger partial charge >= 0.3 is 10.1 Å². The largest absolute Gasteiger partial charge is 0.358 e. The maximum absolute atomic E-state index is 10.9. The molecule has 0 unspecified atom stereocenters. The highest BCUT2D eigenvalue weighted by Crippen LogP contribution is 2.26. The van der Waals surface area contributed by atoms with E-state index in [2.05, 4.69) is 25.1 Å². The van der Waals surface area contributed by atoms with E-state index in [9.17, 15) is 8.42 Å². The number of fused-ring (bicyclic) bond motifs is 1. The molecule has 1 aliphatic rings. The first-order valence-corrected chi connectivity index (χ1v) is 5.61. The van der Waals surface area contributed by atoms with Crippen LogP contribution in [0.25, 0.3) is 6.08 Å². The third kappa shape index (κ3) is 1.73. The van der Waals surface area contributed by atoms with Crippen LogP contribution < -0.4 is 4.18 Å². The molecule has 6 heteroatoms. The second-order valence-electron chi connectivity index (χ2n) is 2.43. The summed E-state index contributed by atoms with van der Waals surface area (Å²) in [6, 6.07) is 1.73. The van der Waals surface area contributed by atoms with Gasteiger partial charge < -0.3 is 4.18 Å². The van der Waals surface area contributed by atoms with Crippen molar-refractivity contribution in [3.63, 3.8) is 0 Å². The Morgan fingerprint density at radius 1 is 1.46 bits per heavy atom. The van der Waals surface area contributed by atoms with E-state index in [1.807, 2.05) is 0 Å². The van der Waals surface area contributed by atoms with E-state index in [0.29, 0.717) is 5.56 Å². The van der Waals surface area contributed by atoms with Gasteiger partial charge in [0.1, 0.15) is 0 Å². The van der Waals surface area contributed by atoms with Gasteiger partial charge in [0.25, 0.3) is 0 Å². The number of rotatable bonds is 0. The lowest BCUT2D eigenvalue weighted by Gasteiger charge is -2.09. The van der Waals surface area contributed by atoms with Crippen LogP contribution in [0.4, 0.5) is 0 Å². The van der Waals surface area contributed by atoms with E-state index in [1.54, 1.807) is 6.07 Å². The lowest BCUT2D eigenvalue weighted by Crippen LogP contribution is -2.10. The maximum atomic E-state index is 10.9. The lowest BCUT2D eigenvalue weighted by atomic mass is 10.3. The molecule has 0 saturated carbocycles. The van der Waals surface area contributed by atoms with E-state index in [-0.39, 0.29) is 5.88 Å². The Hall–Kier alpha value is -0.880. The molecule has 0 radical (unpaired) electrons. The molecule has 0 aliphatic carbocycles. The first-order chi connectivity index (χ1) is 6.07. The molecule has 1 aromatic heterocycles. The number of hydrogen-bond acceptors (Lipinski definition) is 4. The molecule has 0 saturated heterocycles. The van der Waals surface area contributed by atoms with Gasteiger partial charge in [0.15, 0.2) is 0 Å². The molecule has 68 valence electrons. The predicted molar refractivity (Wildman–Crippen MR) is 50.5 cm³/mol. The Kier molecular flexibility index (Phi) is 1.88. The van der Waals surface area contributed by atoms with E-state index in [1.165, 1.54) is 12.3 Å². The van der Waals surface area contributed by atoms with Gasteiger partial charge in [0.2, 0.25) is 5.88 Å². The van der Waals surface area contributed by atoms with E-state index < -0.39 is 10.1 Å². The number of nitrogens with zero attached hydrogens (tertiary/aromatic N) is 1. The maximum Gasteiger partial charge on any atom is 0.333 e. The fourth-order valence-corrected chi connectivity index (χ4v) is 2.00. The Balaban J connectivity index is 2.59. The monoisotopic (exact) mass is 261 g/mol. The Bertz CT molecular complexity index is 481. The molecule has 2 rings (SSSR count). The van der Waals surface area contributed by atoms with Gasteiger partial charge in [-0.15, -0.1) is 0 Å². The quantitative estimate of drug-likeness (QED) is 0.665. The molecule has 13 heavy (non-hydrogen) atoms. The number of hydrogen-bond donors (Lipinski definition) is 0. The van der Waals surface area contributed by atoms with E-state index in [4.69, 9.17) is 0 Å². The van der Waals surface area contributed by atoms with Crippen LogP contribution in [0.2, 0.25) is 0 Å². The van der Waals surface area contributed by atoms with Gasteiger partial charge in [0.05, 0.1) is 5.41 Å². The molecular formula is C7H4BrNO3S. The predicted octanol–water partition coefficient (Wildman–Crippen LogP) is 1.54. The minimum Gasteiger partial charge on any atom is -0.358 e. The third-order valence-corrected chi connectivity index (χ3v) is 2.75. The molecule has 0 N–H and O–H groups in total. The molecule has 0 atom stereocenters. The van der Waals surface area contributed by atoms with Crippen molar-refractivity contribution < 1.29 is 12.6 Å². The van der Waals surface area contributed by atoms with Crippen LogP contribution in [0, 0.1) is 0 Å². The van der Waals surface area contributed by atoms with Crippen LogP contribution in [0.3, 0.4) is 0 Å². The van der Waals surface area contributed by atoms with Crippen LogP contribution in [0.15, 0.2) is 22.1 Å². The summed E-state index contributed by atoms with van der Waals surface area (Å²) in [6.45, 7) is 0. The summed E-state index contributed by atoms with van der Waals surface area (Å²) in [5, 5.41) is 1.00. The summed E-state index contributed by atoms with van der Waals surface area (Å²) >= 11 is 3.22. The standard InChI is InChI=1S/C7H4BrNO3S/c8-6-3-5-1-2-13(10,11)12-7(5)9-4-6/h1-4H. The number of aromatic nitrogens is 1. The molecule has 0 aromatic carbocycles. The molecule has 0 fully saturated rings. The van der Waals surface area contributed by atoms with E-state index in [0.717, 1.165) is 9.88 Å². The zero-order chi connectivity index (χ0) is 9.47. The van der Waals surface area contributed by atoms with Crippen LogP contribution in [0.5, 0.6) is 5.88 Å². The average molecular weight is 262 g/mol. The number of halogens is 1. The van der Waals surface area contributed by atoms with Crippen molar-refractivity contribution in [2.24, 2.45) is 0 Å². The molecule has 0 spiro atoms. The highest BCUT2D eigenvalue weighted by atomic mass is 79.9. The smallest absolute Gasteiger partial charge is 0.333 e. The molecule has 1 aromatic rings. The SMILES string of the molecule is O=S1(=O)C=Cc2cc(Br)cnc2O1. The molecule has 1 aliphatic heterocycles. The highest BCUT2D eigenvalue weighted by Gasteiger charge is 2.17. The normalized spacial score (nSPS) is 17.6. The Labute approximate surface area is 83.5 Å². The van der Waals surface area contributed by atoms with Crippen molar-refractivity contribution in [1.29, 1.82) is 0 Å². The summed E-state index contributed by atoms with van der Waals surface area (Å²) in [6.07, 6.45) is 2.93. The lowest BCUT2D eigenvalue weighted by molar-refractivity contribution is 0.483. The van der Waals surface area contributed by atoms with Crippen molar-refractivity contribution in [1.82, 2.24) is 4.98 Å². The minimum absolute atomic E-state index is 0.116. The van der Waals surface area contributed by atoms with Crippen molar-refractivity contribution in [3.05, 3.63) is 27.7 Å². The zero-order valence-electron chi connectivity index (χ0n) is 6.27. The summed E-state index contributed by atoms with van der Waals surface area (Å²) in [5.74, 6) is 0.116. The summed E-state index contributed by atoms with van der Waals surface area (Å²) in [7, 11) is -3.57. The van der Waals surface area contributed by atoms with Crippen molar-refractivity contribution in [2.75, 3.05) is 0 Å². The van der Waals surface area contributed by atoms with Crippen LogP contribution >= 0.6 is 15.9 Å². The highest BCUT2D eigenvalue weighted by molar-refractivity contribution is 9.10. The number of pyridine rings is 1. The third-order valence-electron chi connectivity index (χ3n) is 1.45.